The minimum absolute atomic E-state index is 0.0184. The van der Waals surface area contributed by atoms with Gasteiger partial charge in [0.05, 0.1) is 6.33 Å². The average Bonchev–Trinajstić information content (AvgIpc) is 3.20. The van der Waals surface area contributed by atoms with Crippen molar-refractivity contribution in [3.63, 3.8) is 0 Å². The lowest BCUT2D eigenvalue weighted by Gasteiger charge is -2.32. The molecule has 0 unspecified atom stereocenters. The van der Waals surface area contributed by atoms with E-state index in [1.165, 1.54) is 10.1 Å². The molecule has 7 nitrogen and oxygen atoms in total. The maximum atomic E-state index is 12.8. The monoisotopic (exact) mass is 429 g/mol. The molecule has 2 aromatic carbocycles. The molecule has 0 radical (unpaired) electrons. The summed E-state index contributed by atoms with van der Waals surface area (Å²) in [4.78, 5) is 35.4. The number of nitrogens with zero attached hydrogens (tertiary/aromatic N) is 3. The van der Waals surface area contributed by atoms with E-state index in [-0.39, 0.29) is 23.9 Å². The zero-order chi connectivity index (χ0) is 21.9. The van der Waals surface area contributed by atoms with Crippen LogP contribution >= 0.6 is 0 Å². The van der Waals surface area contributed by atoms with Gasteiger partial charge in [-0.05, 0) is 24.5 Å². The van der Waals surface area contributed by atoms with Gasteiger partial charge in [-0.15, -0.1) is 0 Å². The Bertz CT molecular complexity index is 1290. The molecular weight excluding hydrogens is 402 g/mol. The molecule has 2 aromatic heterocycles. The Morgan fingerprint density at radius 2 is 1.81 bits per heavy atom. The maximum absolute atomic E-state index is 12.8. The molecule has 3 heterocycles. The SMILES string of the molecule is O=C(CCn1cnc2c([nH]c3ccccc32)c1=O)NC1CCN(Cc2ccccc2)CC1. The molecule has 0 atom stereocenters. The van der Waals surface area contributed by atoms with Crippen LogP contribution in [0.1, 0.15) is 24.8 Å². The Hall–Kier alpha value is -3.45. The molecule has 32 heavy (non-hydrogen) atoms. The number of hydrogen-bond acceptors (Lipinski definition) is 4. The fourth-order valence-corrected chi connectivity index (χ4v) is 4.50. The van der Waals surface area contributed by atoms with Crippen molar-refractivity contribution in [1.82, 2.24) is 24.8 Å². The molecule has 1 aliphatic rings. The summed E-state index contributed by atoms with van der Waals surface area (Å²) in [6, 6.07) is 18.4. The summed E-state index contributed by atoms with van der Waals surface area (Å²) in [7, 11) is 0. The molecule has 1 amide bonds. The highest BCUT2D eigenvalue weighted by molar-refractivity contribution is 6.04. The molecule has 1 aliphatic heterocycles. The van der Waals surface area contributed by atoms with Crippen molar-refractivity contribution in [2.24, 2.45) is 0 Å². The average molecular weight is 430 g/mol. The third kappa shape index (κ3) is 4.29. The summed E-state index contributed by atoms with van der Waals surface area (Å²) < 4.78 is 1.51. The normalized spacial score (nSPS) is 15.4. The highest BCUT2D eigenvalue weighted by atomic mass is 16.2. The van der Waals surface area contributed by atoms with Gasteiger partial charge in [0.2, 0.25) is 5.91 Å². The second-order valence-corrected chi connectivity index (χ2v) is 8.49. The first kappa shape index (κ1) is 20.5. The van der Waals surface area contributed by atoms with Crippen LogP contribution in [-0.2, 0) is 17.9 Å². The summed E-state index contributed by atoms with van der Waals surface area (Å²) in [6.45, 7) is 3.21. The first-order valence-electron chi connectivity index (χ1n) is 11.2. The number of aromatic nitrogens is 3. The lowest BCUT2D eigenvalue weighted by Crippen LogP contribution is -2.44. The highest BCUT2D eigenvalue weighted by Crippen LogP contribution is 2.20. The zero-order valence-corrected chi connectivity index (χ0v) is 18.0. The van der Waals surface area contributed by atoms with Gasteiger partial charge < -0.3 is 10.3 Å². The fraction of sp³-hybridized carbons (Fsp3) is 0.320. The van der Waals surface area contributed by atoms with Crippen LogP contribution in [0.15, 0.2) is 65.7 Å². The summed E-state index contributed by atoms with van der Waals surface area (Å²) in [6.07, 6.45) is 3.69. The number of aryl methyl sites for hydroxylation is 1. The molecule has 0 saturated carbocycles. The summed E-state index contributed by atoms with van der Waals surface area (Å²) >= 11 is 0. The molecule has 5 rings (SSSR count). The Labute approximate surface area is 186 Å². The number of piperidine rings is 1. The van der Waals surface area contributed by atoms with Gasteiger partial charge in [-0.1, -0.05) is 48.5 Å². The van der Waals surface area contributed by atoms with E-state index < -0.39 is 0 Å². The molecule has 0 bridgehead atoms. The van der Waals surface area contributed by atoms with Crippen LogP contribution in [0.25, 0.3) is 21.9 Å². The number of carbonyl (C=O) groups excluding carboxylic acids is 1. The van der Waals surface area contributed by atoms with Gasteiger partial charge in [-0.25, -0.2) is 4.98 Å². The molecule has 2 N–H and O–H groups in total. The Morgan fingerprint density at radius 1 is 1.06 bits per heavy atom. The van der Waals surface area contributed by atoms with E-state index in [4.69, 9.17) is 0 Å². The van der Waals surface area contributed by atoms with E-state index in [0.29, 0.717) is 17.6 Å². The van der Waals surface area contributed by atoms with E-state index in [0.717, 1.165) is 43.4 Å². The first-order valence-corrected chi connectivity index (χ1v) is 11.2. The van der Waals surface area contributed by atoms with Crippen molar-refractivity contribution >= 4 is 27.8 Å². The van der Waals surface area contributed by atoms with Gasteiger partial charge in [-0.2, -0.15) is 0 Å². The lowest BCUT2D eigenvalue weighted by molar-refractivity contribution is -0.122. The Morgan fingerprint density at radius 3 is 2.62 bits per heavy atom. The van der Waals surface area contributed by atoms with Crippen LogP contribution in [0.5, 0.6) is 0 Å². The van der Waals surface area contributed by atoms with Crippen molar-refractivity contribution in [1.29, 1.82) is 0 Å². The maximum Gasteiger partial charge on any atom is 0.277 e. The van der Waals surface area contributed by atoms with Crippen molar-refractivity contribution in [3.8, 4) is 0 Å². The van der Waals surface area contributed by atoms with Crippen molar-refractivity contribution in [3.05, 3.63) is 76.8 Å². The minimum Gasteiger partial charge on any atom is -0.353 e. The van der Waals surface area contributed by atoms with Gasteiger partial charge in [0.1, 0.15) is 11.0 Å². The topological polar surface area (TPSA) is 83.0 Å². The molecule has 7 heteroatoms. The number of fused-ring (bicyclic) bond motifs is 3. The van der Waals surface area contributed by atoms with E-state index in [9.17, 15) is 9.59 Å². The van der Waals surface area contributed by atoms with Gasteiger partial charge in [0.15, 0.2) is 0 Å². The predicted molar refractivity (Wildman–Crippen MR) is 125 cm³/mol. The number of rotatable bonds is 6. The predicted octanol–water partition coefficient (Wildman–Crippen LogP) is 3.05. The van der Waals surface area contributed by atoms with Gasteiger partial charge in [0, 0.05) is 49.5 Å². The van der Waals surface area contributed by atoms with Crippen LogP contribution in [-0.4, -0.2) is 44.5 Å². The third-order valence-corrected chi connectivity index (χ3v) is 6.26. The summed E-state index contributed by atoms with van der Waals surface area (Å²) in [5.74, 6) is -0.0184. The van der Waals surface area contributed by atoms with Crippen molar-refractivity contribution < 1.29 is 4.79 Å². The lowest BCUT2D eigenvalue weighted by atomic mass is 10.0. The largest absolute Gasteiger partial charge is 0.353 e. The smallest absolute Gasteiger partial charge is 0.277 e. The van der Waals surface area contributed by atoms with Crippen molar-refractivity contribution in [2.45, 2.75) is 38.4 Å². The van der Waals surface area contributed by atoms with Gasteiger partial charge >= 0.3 is 0 Å². The van der Waals surface area contributed by atoms with Crippen molar-refractivity contribution in [2.75, 3.05) is 13.1 Å². The second kappa shape index (κ2) is 8.96. The number of likely N-dealkylation sites (tertiary alicyclic amines) is 1. The number of aromatic amines is 1. The summed E-state index contributed by atoms with van der Waals surface area (Å²) in [5, 5.41) is 4.08. The van der Waals surface area contributed by atoms with Gasteiger partial charge in [-0.3, -0.25) is 19.1 Å². The first-order chi connectivity index (χ1) is 15.7. The number of para-hydroxylation sites is 1. The summed E-state index contributed by atoms with van der Waals surface area (Å²) in [5.41, 5.74) is 3.23. The number of carbonyl (C=O) groups is 1. The molecule has 4 aromatic rings. The number of benzene rings is 2. The molecular formula is C25H27N5O2. The minimum atomic E-state index is -0.145. The third-order valence-electron chi connectivity index (χ3n) is 6.26. The quantitative estimate of drug-likeness (QED) is 0.494. The van der Waals surface area contributed by atoms with Crippen LogP contribution < -0.4 is 10.9 Å². The van der Waals surface area contributed by atoms with Crippen LogP contribution in [0.3, 0.4) is 0 Å². The van der Waals surface area contributed by atoms with Crippen LogP contribution in [0, 0.1) is 0 Å². The second-order valence-electron chi connectivity index (χ2n) is 8.49. The number of amides is 1. The highest BCUT2D eigenvalue weighted by Gasteiger charge is 2.21. The fourth-order valence-electron chi connectivity index (χ4n) is 4.50. The molecule has 0 aliphatic carbocycles. The van der Waals surface area contributed by atoms with Crippen LogP contribution in [0.4, 0.5) is 0 Å². The Kier molecular flexibility index (Phi) is 5.73. The van der Waals surface area contributed by atoms with E-state index in [2.05, 4.69) is 44.5 Å². The van der Waals surface area contributed by atoms with E-state index in [1.807, 2.05) is 30.3 Å². The molecule has 164 valence electrons. The van der Waals surface area contributed by atoms with E-state index >= 15 is 0 Å². The number of hydrogen-bond donors (Lipinski definition) is 2. The molecule has 0 spiro atoms. The van der Waals surface area contributed by atoms with E-state index in [1.54, 1.807) is 6.33 Å². The Balaban J connectivity index is 1.14. The van der Waals surface area contributed by atoms with Crippen LogP contribution in [0.2, 0.25) is 0 Å². The number of nitrogens with one attached hydrogen (secondary N) is 2. The molecule has 1 fully saturated rings. The van der Waals surface area contributed by atoms with Gasteiger partial charge in [0.25, 0.3) is 5.56 Å². The zero-order valence-electron chi connectivity index (χ0n) is 18.0. The molecule has 1 saturated heterocycles. The standard InChI is InChI=1S/C25H27N5O2/c31-22(27-19-10-13-29(14-11-19)16-18-6-2-1-3-7-18)12-15-30-17-26-23-20-8-4-5-9-21(20)28-24(23)25(30)32/h1-9,17,19,28H,10-16H2,(H,27,31). The number of H-pyrrole nitrogens is 1.